The minimum Gasteiger partial charge on any atom is -0.393 e. The molecule has 2 rings (SSSR count). The molecule has 2 saturated carbocycles. The largest absolute Gasteiger partial charge is 0.393 e. The fourth-order valence-electron chi connectivity index (χ4n) is 2.22. The summed E-state index contributed by atoms with van der Waals surface area (Å²) < 4.78 is 0. The van der Waals surface area contributed by atoms with Crippen LogP contribution in [0, 0.1) is 5.92 Å². The van der Waals surface area contributed by atoms with Crippen LogP contribution in [0.5, 0.6) is 0 Å². The predicted molar refractivity (Wildman–Crippen MR) is 32.9 cm³/mol. The van der Waals surface area contributed by atoms with Crippen molar-refractivity contribution in [2.24, 2.45) is 5.92 Å². The molecule has 2 fully saturated rings. The van der Waals surface area contributed by atoms with E-state index in [4.69, 9.17) is 0 Å². The molecular weight excluding hydrogens is 116 g/mol. The molecule has 52 valence electrons. The Kier molecular flexibility index (Phi) is 0.945. The molecule has 9 heavy (non-hydrogen) atoms. The van der Waals surface area contributed by atoms with Gasteiger partial charge in [0.1, 0.15) is 0 Å². The summed E-state index contributed by atoms with van der Waals surface area (Å²) in [5.41, 5.74) is -0.468. The average molecular weight is 128 g/mol. The van der Waals surface area contributed by atoms with E-state index in [9.17, 15) is 10.2 Å². The Labute approximate surface area is 54.5 Å². The maximum absolute atomic E-state index is 9.55. The van der Waals surface area contributed by atoms with Crippen LogP contribution in [0.15, 0.2) is 0 Å². The van der Waals surface area contributed by atoms with Crippen LogP contribution >= 0.6 is 0 Å². The van der Waals surface area contributed by atoms with Crippen molar-refractivity contribution >= 4 is 0 Å². The highest BCUT2D eigenvalue weighted by molar-refractivity contribution is 5.00. The zero-order valence-electron chi connectivity index (χ0n) is 5.38. The van der Waals surface area contributed by atoms with Crippen LogP contribution in [0.3, 0.4) is 0 Å². The standard InChI is InChI=1S/C7H12O2/c8-6-4-7(9)2-1-5(6)3-7/h5-6,8-9H,1-4H2. The first-order chi connectivity index (χ1) is 4.20. The van der Waals surface area contributed by atoms with Crippen molar-refractivity contribution in [3.63, 3.8) is 0 Å². The SMILES string of the molecule is OC1CC2(O)CCC1C2. The van der Waals surface area contributed by atoms with Crippen LogP contribution in [-0.4, -0.2) is 21.9 Å². The van der Waals surface area contributed by atoms with Gasteiger partial charge in [-0.3, -0.25) is 0 Å². The molecule has 2 aliphatic rings. The molecule has 0 aromatic carbocycles. The van der Waals surface area contributed by atoms with E-state index < -0.39 is 5.60 Å². The molecule has 0 spiro atoms. The van der Waals surface area contributed by atoms with Gasteiger partial charge in [-0.2, -0.15) is 0 Å². The van der Waals surface area contributed by atoms with Crippen LogP contribution in [0.25, 0.3) is 0 Å². The van der Waals surface area contributed by atoms with Crippen molar-refractivity contribution < 1.29 is 10.2 Å². The molecule has 0 radical (unpaired) electrons. The van der Waals surface area contributed by atoms with Crippen LogP contribution < -0.4 is 0 Å². The predicted octanol–water partition coefficient (Wildman–Crippen LogP) is 0.282. The molecule has 2 heteroatoms. The van der Waals surface area contributed by atoms with Gasteiger partial charge < -0.3 is 10.2 Å². The lowest BCUT2D eigenvalue weighted by molar-refractivity contribution is 0.0170. The van der Waals surface area contributed by atoms with E-state index in [-0.39, 0.29) is 6.10 Å². The van der Waals surface area contributed by atoms with Gasteiger partial charge in [0.05, 0.1) is 11.7 Å². The summed E-state index contributed by atoms with van der Waals surface area (Å²) in [6.45, 7) is 0. The minimum atomic E-state index is -0.468. The third-order valence-corrected chi connectivity index (χ3v) is 2.76. The molecule has 2 bridgehead atoms. The second-order valence-corrected chi connectivity index (χ2v) is 3.50. The van der Waals surface area contributed by atoms with E-state index in [1.54, 1.807) is 0 Å². The highest BCUT2D eigenvalue weighted by Crippen LogP contribution is 2.47. The number of fused-ring (bicyclic) bond motifs is 2. The van der Waals surface area contributed by atoms with E-state index in [1.165, 1.54) is 0 Å². The molecule has 0 aromatic rings. The van der Waals surface area contributed by atoms with Crippen molar-refractivity contribution in [2.45, 2.75) is 37.4 Å². The second kappa shape index (κ2) is 1.50. The molecule has 0 heterocycles. The molecule has 3 unspecified atom stereocenters. The lowest BCUT2D eigenvalue weighted by atomic mass is 9.95. The van der Waals surface area contributed by atoms with Gasteiger partial charge in [0.15, 0.2) is 0 Å². The maximum atomic E-state index is 9.55. The van der Waals surface area contributed by atoms with Crippen molar-refractivity contribution in [3.8, 4) is 0 Å². The third-order valence-electron chi connectivity index (χ3n) is 2.76. The number of hydrogen-bond acceptors (Lipinski definition) is 2. The molecule has 0 saturated heterocycles. The van der Waals surface area contributed by atoms with Gasteiger partial charge in [-0.25, -0.2) is 0 Å². The Morgan fingerprint density at radius 1 is 1.33 bits per heavy atom. The molecule has 0 aromatic heterocycles. The smallest absolute Gasteiger partial charge is 0.0676 e. The van der Waals surface area contributed by atoms with Crippen molar-refractivity contribution in [1.29, 1.82) is 0 Å². The maximum Gasteiger partial charge on any atom is 0.0676 e. The Bertz CT molecular complexity index is 131. The monoisotopic (exact) mass is 128 g/mol. The second-order valence-electron chi connectivity index (χ2n) is 3.50. The van der Waals surface area contributed by atoms with Crippen LogP contribution in [0.2, 0.25) is 0 Å². The van der Waals surface area contributed by atoms with Crippen LogP contribution in [0.1, 0.15) is 25.7 Å². The first-order valence-corrected chi connectivity index (χ1v) is 3.60. The van der Waals surface area contributed by atoms with E-state index in [2.05, 4.69) is 0 Å². The van der Waals surface area contributed by atoms with Gasteiger partial charge in [-0.05, 0) is 25.2 Å². The van der Waals surface area contributed by atoms with Gasteiger partial charge >= 0.3 is 0 Å². The van der Waals surface area contributed by atoms with E-state index >= 15 is 0 Å². The molecule has 2 aliphatic carbocycles. The highest BCUT2D eigenvalue weighted by atomic mass is 16.3. The molecule has 0 amide bonds. The first kappa shape index (κ1) is 5.69. The summed E-state index contributed by atoms with van der Waals surface area (Å²) in [4.78, 5) is 0. The first-order valence-electron chi connectivity index (χ1n) is 3.60. The summed E-state index contributed by atoms with van der Waals surface area (Å²) >= 11 is 0. The lowest BCUT2D eigenvalue weighted by Gasteiger charge is -2.21. The molecule has 3 atom stereocenters. The fraction of sp³-hybridized carbons (Fsp3) is 1.00. The van der Waals surface area contributed by atoms with Gasteiger partial charge in [0.2, 0.25) is 0 Å². The molecular formula is C7H12O2. The normalized spacial score (nSPS) is 56.7. The van der Waals surface area contributed by atoms with Crippen molar-refractivity contribution in [3.05, 3.63) is 0 Å². The van der Waals surface area contributed by atoms with Crippen molar-refractivity contribution in [2.75, 3.05) is 0 Å². The van der Waals surface area contributed by atoms with Gasteiger partial charge in [-0.1, -0.05) is 0 Å². The number of aliphatic hydroxyl groups is 2. The Morgan fingerprint density at radius 3 is 2.33 bits per heavy atom. The van der Waals surface area contributed by atoms with Gasteiger partial charge in [0, 0.05) is 6.42 Å². The van der Waals surface area contributed by atoms with E-state index in [0.717, 1.165) is 19.3 Å². The summed E-state index contributed by atoms with van der Waals surface area (Å²) in [5, 5.41) is 18.8. The van der Waals surface area contributed by atoms with Crippen molar-refractivity contribution in [1.82, 2.24) is 0 Å². The number of aliphatic hydroxyl groups excluding tert-OH is 1. The van der Waals surface area contributed by atoms with Crippen LogP contribution in [-0.2, 0) is 0 Å². The lowest BCUT2D eigenvalue weighted by Crippen LogP contribution is -2.26. The summed E-state index contributed by atoms with van der Waals surface area (Å²) in [7, 11) is 0. The fourth-order valence-corrected chi connectivity index (χ4v) is 2.22. The van der Waals surface area contributed by atoms with Gasteiger partial charge in [0.25, 0.3) is 0 Å². The summed E-state index contributed by atoms with van der Waals surface area (Å²) in [5.74, 6) is 0.412. The van der Waals surface area contributed by atoms with Crippen LogP contribution in [0.4, 0.5) is 0 Å². The van der Waals surface area contributed by atoms with Gasteiger partial charge in [-0.15, -0.1) is 0 Å². The minimum absolute atomic E-state index is 0.205. The Balaban J connectivity index is 2.19. The molecule has 0 aliphatic heterocycles. The summed E-state index contributed by atoms with van der Waals surface area (Å²) in [6.07, 6.45) is 3.20. The third kappa shape index (κ3) is 0.700. The molecule has 2 nitrogen and oxygen atoms in total. The number of rotatable bonds is 0. The Morgan fingerprint density at radius 2 is 2.11 bits per heavy atom. The molecule has 2 N–H and O–H groups in total. The van der Waals surface area contributed by atoms with E-state index in [0.29, 0.717) is 12.3 Å². The zero-order chi connectivity index (χ0) is 6.48. The van der Waals surface area contributed by atoms with E-state index in [1.807, 2.05) is 0 Å². The Hall–Kier alpha value is -0.0800. The zero-order valence-corrected chi connectivity index (χ0v) is 5.38. The average Bonchev–Trinajstić information content (AvgIpc) is 2.20. The topological polar surface area (TPSA) is 40.5 Å². The summed E-state index contributed by atoms with van der Waals surface area (Å²) in [6, 6.07) is 0. The highest BCUT2D eigenvalue weighted by Gasteiger charge is 2.48. The quantitative estimate of drug-likeness (QED) is 0.492. The number of hydrogen-bond donors (Lipinski definition) is 2.